The van der Waals surface area contributed by atoms with Crippen LogP contribution in [0.25, 0.3) is 4.96 Å². The van der Waals surface area contributed by atoms with Crippen molar-refractivity contribution in [3.8, 4) is 0 Å². The van der Waals surface area contributed by atoms with Gasteiger partial charge in [-0.15, -0.1) is 11.3 Å². The minimum absolute atomic E-state index is 0.270. The molecule has 19 heavy (non-hydrogen) atoms. The molecular weight excluding hydrogens is 262 g/mol. The van der Waals surface area contributed by atoms with E-state index in [2.05, 4.69) is 27.0 Å². The smallest absolute Gasteiger partial charge is 0.325 e. The molecule has 6 heteroatoms. The number of carbonyl (C=O) groups is 1. The van der Waals surface area contributed by atoms with Crippen LogP contribution >= 0.6 is 11.3 Å². The predicted molar refractivity (Wildman–Crippen MR) is 75.5 cm³/mol. The van der Waals surface area contributed by atoms with Gasteiger partial charge in [0.2, 0.25) is 0 Å². The molecule has 0 spiro atoms. The summed E-state index contributed by atoms with van der Waals surface area (Å²) in [6, 6.07) is 0. The molecule has 0 fully saturated rings. The number of aryl methyl sites for hydroxylation is 2. The van der Waals surface area contributed by atoms with Gasteiger partial charge in [0, 0.05) is 17.6 Å². The first-order valence-corrected chi connectivity index (χ1v) is 7.00. The van der Waals surface area contributed by atoms with E-state index in [1.807, 2.05) is 20.8 Å². The lowest BCUT2D eigenvalue weighted by Gasteiger charge is -2.23. The van der Waals surface area contributed by atoms with Crippen molar-refractivity contribution in [3.63, 3.8) is 0 Å². The van der Waals surface area contributed by atoms with Gasteiger partial charge < -0.3 is 4.74 Å². The Bertz CT molecular complexity index is 613. The number of ether oxygens (including phenoxy) is 1. The maximum Gasteiger partial charge on any atom is 0.325 e. The minimum atomic E-state index is -0.713. The van der Waals surface area contributed by atoms with Gasteiger partial charge in [-0.05, 0) is 27.7 Å². The van der Waals surface area contributed by atoms with Crippen molar-refractivity contribution in [2.45, 2.75) is 39.8 Å². The van der Waals surface area contributed by atoms with Crippen molar-refractivity contribution in [1.82, 2.24) is 14.7 Å². The molecule has 0 saturated carbocycles. The van der Waals surface area contributed by atoms with Crippen LogP contribution in [0.4, 0.5) is 0 Å². The molecule has 0 bridgehead atoms. The number of methoxy groups -OCH3 is 1. The molecule has 0 aliphatic heterocycles. The van der Waals surface area contributed by atoms with Gasteiger partial charge in [-0.2, -0.15) is 0 Å². The van der Waals surface area contributed by atoms with E-state index in [-0.39, 0.29) is 5.97 Å². The molecule has 0 saturated heterocycles. The van der Waals surface area contributed by atoms with E-state index in [0.29, 0.717) is 6.54 Å². The van der Waals surface area contributed by atoms with Crippen LogP contribution in [-0.4, -0.2) is 28.0 Å². The summed E-state index contributed by atoms with van der Waals surface area (Å²) in [4.78, 5) is 17.2. The van der Waals surface area contributed by atoms with Crippen molar-refractivity contribution >= 4 is 22.3 Å². The van der Waals surface area contributed by atoms with E-state index in [0.717, 1.165) is 22.0 Å². The van der Waals surface area contributed by atoms with Gasteiger partial charge in [-0.1, -0.05) is 0 Å². The first-order valence-electron chi connectivity index (χ1n) is 6.12. The molecular formula is C13H19N3O2S. The fourth-order valence-corrected chi connectivity index (χ4v) is 2.94. The molecule has 0 unspecified atom stereocenters. The average molecular weight is 281 g/mol. The first-order chi connectivity index (χ1) is 8.86. The number of esters is 1. The highest BCUT2D eigenvalue weighted by Gasteiger charge is 2.28. The van der Waals surface area contributed by atoms with Gasteiger partial charge in [0.25, 0.3) is 0 Å². The molecule has 1 N–H and O–H groups in total. The predicted octanol–water partition coefficient (Wildman–Crippen LogP) is 2.05. The Balaban J connectivity index is 2.24. The second-order valence-electron chi connectivity index (χ2n) is 5.11. The summed E-state index contributed by atoms with van der Waals surface area (Å²) >= 11 is 1.63. The van der Waals surface area contributed by atoms with E-state index < -0.39 is 5.54 Å². The SMILES string of the molecule is COC(=O)C(C)(C)NCc1c(C)nc2scc(C)n12. The van der Waals surface area contributed by atoms with Crippen LogP contribution in [0.3, 0.4) is 0 Å². The highest BCUT2D eigenvalue weighted by molar-refractivity contribution is 7.15. The summed E-state index contributed by atoms with van der Waals surface area (Å²) in [7, 11) is 1.40. The lowest BCUT2D eigenvalue weighted by Crippen LogP contribution is -2.47. The normalized spacial score (nSPS) is 12.1. The number of aromatic nitrogens is 2. The van der Waals surface area contributed by atoms with Gasteiger partial charge in [-0.3, -0.25) is 14.5 Å². The maximum absolute atomic E-state index is 11.7. The standard InChI is InChI=1S/C13H19N3O2S/c1-8-7-19-12-15-9(2)10(16(8)12)6-14-13(3,4)11(17)18-5/h7,14H,6H2,1-5H3. The third kappa shape index (κ3) is 2.50. The average Bonchev–Trinajstić information content (AvgIpc) is 2.86. The van der Waals surface area contributed by atoms with Gasteiger partial charge in [-0.25, -0.2) is 4.98 Å². The Hall–Kier alpha value is -1.40. The molecule has 0 aliphatic rings. The zero-order chi connectivity index (χ0) is 14.2. The minimum Gasteiger partial charge on any atom is -0.468 e. The molecule has 2 heterocycles. The Kier molecular flexibility index (Phi) is 3.64. The van der Waals surface area contributed by atoms with Crippen LogP contribution in [0.15, 0.2) is 5.38 Å². The Morgan fingerprint density at radius 3 is 2.84 bits per heavy atom. The second-order valence-corrected chi connectivity index (χ2v) is 5.95. The van der Waals surface area contributed by atoms with Gasteiger partial charge >= 0.3 is 5.97 Å². The number of nitrogens with one attached hydrogen (secondary N) is 1. The van der Waals surface area contributed by atoms with Crippen molar-refractivity contribution in [2.75, 3.05) is 7.11 Å². The zero-order valence-corrected chi connectivity index (χ0v) is 12.7. The Labute approximate surface area is 116 Å². The number of imidazole rings is 1. The molecule has 2 aromatic heterocycles. The summed E-state index contributed by atoms with van der Waals surface area (Å²) in [5, 5.41) is 5.31. The van der Waals surface area contributed by atoms with Crippen LogP contribution in [0, 0.1) is 13.8 Å². The van der Waals surface area contributed by atoms with Crippen LogP contribution < -0.4 is 5.32 Å². The maximum atomic E-state index is 11.7. The number of hydrogen-bond acceptors (Lipinski definition) is 5. The number of nitrogens with zero attached hydrogens (tertiary/aromatic N) is 2. The van der Waals surface area contributed by atoms with Crippen LogP contribution in [0.2, 0.25) is 0 Å². The number of fused-ring (bicyclic) bond motifs is 1. The Morgan fingerprint density at radius 2 is 2.21 bits per heavy atom. The van der Waals surface area contributed by atoms with Crippen molar-refractivity contribution in [2.24, 2.45) is 0 Å². The lowest BCUT2D eigenvalue weighted by molar-refractivity contribution is -0.147. The number of rotatable bonds is 4. The second kappa shape index (κ2) is 4.94. The molecule has 0 aromatic carbocycles. The number of carbonyl (C=O) groups excluding carboxylic acids is 1. The van der Waals surface area contributed by atoms with E-state index in [1.165, 1.54) is 7.11 Å². The number of hydrogen-bond donors (Lipinski definition) is 1. The van der Waals surface area contributed by atoms with E-state index in [9.17, 15) is 4.79 Å². The first kappa shape index (κ1) is 14.0. The topological polar surface area (TPSA) is 55.6 Å². The van der Waals surface area contributed by atoms with Crippen molar-refractivity contribution in [3.05, 3.63) is 22.5 Å². The molecule has 2 rings (SSSR count). The van der Waals surface area contributed by atoms with E-state index in [1.54, 1.807) is 11.3 Å². The van der Waals surface area contributed by atoms with E-state index >= 15 is 0 Å². The zero-order valence-electron chi connectivity index (χ0n) is 11.9. The van der Waals surface area contributed by atoms with Crippen molar-refractivity contribution in [1.29, 1.82) is 0 Å². The van der Waals surface area contributed by atoms with Gasteiger partial charge in [0.05, 0.1) is 18.5 Å². The largest absolute Gasteiger partial charge is 0.468 e. The third-order valence-electron chi connectivity index (χ3n) is 3.22. The molecule has 0 aliphatic carbocycles. The molecule has 0 amide bonds. The third-order valence-corrected chi connectivity index (χ3v) is 4.17. The number of thiazole rings is 1. The Morgan fingerprint density at radius 1 is 1.53 bits per heavy atom. The summed E-state index contributed by atoms with van der Waals surface area (Å²) < 4.78 is 6.91. The summed E-state index contributed by atoms with van der Waals surface area (Å²) in [5.74, 6) is -0.270. The molecule has 104 valence electrons. The molecule has 0 atom stereocenters. The van der Waals surface area contributed by atoms with E-state index in [4.69, 9.17) is 4.74 Å². The van der Waals surface area contributed by atoms with Gasteiger partial charge in [0.1, 0.15) is 5.54 Å². The monoisotopic (exact) mass is 281 g/mol. The van der Waals surface area contributed by atoms with Gasteiger partial charge in [0.15, 0.2) is 4.96 Å². The molecule has 0 radical (unpaired) electrons. The highest BCUT2D eigenvalue weighted by Crippen LogP contribution is 2.21. The molecule has 5 nitrogen and oxygen atoms in total. The summed E-state index contributed by atoms with van der Waals surface area (Å²) in [6.07, 6.45) is 0. The summed E-state index contributed by atoms with van der Waals surface area (Å²) in [6.45, 7) is 8.24. The quantitative estimate of drug-likeness (QED) is 0.872. The molecule has 2 aromatic rings. The fourth-order valence-electron chi connectivity index (χ4n) is 2.01. The summed E-state index contributed by atoms with van der Waals surface area (Å²) in [5.41, 5.74) is 2.53. The van der Waals surface area contributed by atoms with Crippen LogP contribution in [-0.2, 0) is 16.1 Å². The fraction of sp³-hybridized carbons (Fsp3) is 0.538. The van der Waals surface area contributed by atoms with Crippen molar-refractivity contribution < 1.29 is 9.53 Å². The van der Waals surface area contributed by atoms with Crippen LogP contribution in [0.5, 0.6) is 0 Å². The highest BCUT2D eigenvalue weighted by atomic mass is 32.1. The lowest BCUT2D eigenvalue weighted by atomic mass is 10.1. The van der Waals surface area contributed by atoms with Crippen LogP contribution in [0.1, 0.15) is 30.9 Å².